The van der Waals surface area contributed by atoms with Crippen molar-refractivity contribution in [1.82, 2.24) is 14.5 Å². The Morgan fingerprint density at radius 2 is 1.91 bits per heavy atom. The zero-order valence-electron chi connectivity index (χ0n) is 19.3. The van der Waals surface area contributed by atoms with E-state index in [2.05, 4.69) is 15.1 Å². The topological polar surface area (TPSA) is 122 Å². The summed E-state index contributed by atoms with van der Waals surface area (Å²) in [5.74, 6) is 1.18. The number of benzene rings is 2. The molecule has 0 saturated carbocycles. The van der Waals surface area contributed by atoms with Gasteiger partial charge < -0.3 is 20.5 Å². The smallest absolute Gasteiger partial charge is 0.244 e. The van der Waals surface area contributed by atoms with E-state index in [-0.39, 0.29) is 16.7 Å². The minimum absolute atomic E-state index is 0.0204. The van der Waals surface area contributed by atoms with E-state index < -0.39 is 10.0 Å². The molecular formula is C23H28ClN5O4S. The lowest BCUT2D eigenvalue weighted by atomic mass is 10.0. The minimum atomic E-state index is -3.77. The van der Waals surface area contributed by atoms with Gasteiger partial charge in [-0.05, 0) is 42.7 Å². The quantitative estimate of drug-likeness (QED) is 0.490. The molecule has 3 aromatic rings. The molecule has 1 aliphatic rings. The Labute approximate surface area is 204 Å². The van der Waals surface area contributed by atoms with Crippen molar-refractivity contribution in [2.75, 3.05) is 44.9 Å². The largest absolute Gasteiger partial charge is 0.495 e. The summed E-state index contributed by atoms with van der Waals surface area (Å²) in [6.45, 7) is 1.24. The third-order valence-electron chi connectivity index (χ3n) is 6.11. The molecule has 0 radical (unpaired) electrons. The van der Waals surface area contributed by atoms with Gasteiger partial charge in [0.1, 0.15) is 10.6 Å². The molecule has 0 amide bonds. The van der Waals surface area contributed by atoms with Crippen LogP contribution in [0, 0.1) is 0 Å². The van der Waals surface area contributed by atoms with Gasteiger partial charge in [-0.25, -0.2) is 12.7 Å². The van der Waals surface area contributed by atoms with Crippen LogP contribution >= 0.6 is 11.6 Å². The van der Waals surface area contributed by atoms with E-state index in [1.165, 1.54) is 20.2 Å². The second-order valence-corrected chi connectivity index (χ2v) is 11.0. The molecule has 1 saturated heterocycles. The molecule has 3 N–H and O–H groups in total. The highest BCUT2D eigenvalue weighted by Gasteiger charge is 2.27. The van der Waals surface area contributed by atoms with Crippen molar-refractivity contribution < 1.29 is 18.3 Å². The molecule has 11 heteroatoms. The number of halogens is 1. The van der Waals surface area contributed by atoms with Crippen LogP contribution in [0.2, 0.25) is 5.02 Å². The standard InChI is InChI=1S/C23H28ClN5O4S/c1-28(2)34(31,32)20-7-5-16-21(22(20)25)18(13-14-4-6-19(33-3)17(24)12-14)26-27-23(16)29-10-8-15(30)9-11-29/h4-7,12,15,30H,8-11,13,25H2,1-3H3. The average Bonchev–Trinajstić information content (AvgIpc) is 2.80. The number of nitrogens with zero attached hydrogens (tertiary/aromatic N) is 4. The first kappa shape index (κ1) is 24.5. The first-order valence-electron chi connectivity index (χ1n) is 10.9. The van der Waals surface area contributed by atoms with Crippen molar-refractivity contribution >= 4 is 43.9 Å². The van der Waals surface area contributed by atoms with E-state index in [1.807, 2.05) is 6.07 Å². The molecule has 34 heavy (non-hydrogen) atoms. The number of aliphatic hydroxyl groups is 1. The van der Waals surface area contributed by atoms with Gasteiger partial charge in [-0.3, -0.25) is 0 Å². The highest BCUT2D eigenvalue weighted by molar-refractivity contribution is 7.89. The van der Waals surface area contributed by atoms with Crippen molar-refractivity contribution in [1.29, 1.82) is 0 Å². The summed E-state index contributed by atoms with van der Waals surface area (Å²) in [6, 6.07) is 8.68. The van der Waals surface area contributed by atoms with Gasteiger partial charge in [-0.2, -0.15) is 5.10 Å². The number of piperidine rings is 1. The Hall–Kier alpha value is -2.66. The zero-order valence-corrected chi connectivity index (χ0v) is 20.9. The lowest BCUT2D eigenvalue weighted by molar-refractivity contribution is 0.145. The van der Waals surface area contributed by atoms with Gasteiger partial charge in [-0.1, -0.05) is 17.7 Å². The lowest BCUT2D eigenvalue weighted by Crippen LogP contribution is -2.36. The lowest BCUT2D eigenvalue weighted by Gasteiger charge is -2.31. The molecule has 1 fully saturated rings. The van der Waals surface area contributed by atoms with E-state index in [4.69, 9.17) is 22.1 Å². The summed E-state index contributed by atoms with van der Waals surface area (Å²) in [6.07, 6.45) is 1.26. The minimum Gasteiger partial charge on any atom is -0.495 e. The van der Waals surface area contributed by atoms with E-state index >= 15 is 0 Å². The molecule has 0 bridgehead atoms. The number of hydrogen-bond acceptors (Lipinski definition) is 8. The summed E-state index contributed by atoms with van der Waals surface area (Å²) in [5, 5.41) is 20.6. The monoisotopic (exact) mass is 505 g/mol. The Morgan fingerprint density at radius 1 is 1.21 bits per heavy atom. The summed E-state index contributed by atoms with van der Waals surface area (Å²) in [7, 11) is 0.707. The first-order valence-corrected chi connectivity index (χ1v) is 12.7. The van der Waals surface area contributed by atoms with Crippen LogP contribution in [0.15, 0.2) is 35.2 Å². The van der Waals surface area contributed by atoms with Gasteiger partial charge in [0.25, 0.3) is 0 Å². The summed E-state index contributed by atoms with van der Waals surface area (Å²) in [4.78, 5) is 2.07. The van der Waals surface area contributed by atoms with Crippen LogP contribution in [-0.2, 0) is 16.4 Å². The van der Waals surface area contributed by atoms with Gasteiger partial charge in [0.2, 0.25) is 10.0 Å². The number of anilines is 2. The fourth-order valence-corrected chi connectivity index (χ4v) is 5.47. The van der Waals surface area contributed by atoms with E-state index in [0.29, 0.717) is 60.0 Å². The first-order chi connectivity index (χ1) is 16.1. The molecule has 0 aliphatic carbocycles. The molecule has 0 atom stereocenters. The molecule has 0 spiro atoms. The maximum absolute atomic E-state index is 12.9. The third kappa shape index (κ3) is 4.50. The number of sulfonamides is 1. The number of nitrogen functional groups attached to an aromatic ring is 1. The van der Waals surface area contributed by atoms with Crippen LogP contribution in [0.3, 0.4) is 0 Å². The van der Waals surface area contributed by atoms with Crippen molar-refractivity contribution in [3.63, 3.8) is 0 Å². The van der Waals surface area contributed by atoms with Crippen LogP contribution in [0.5, 0.6) is 5.75 Å². The highest BCUT2D eigenvalue weighted by atomic mass is 35.5. The van der Waals surface area contributed by atoms with Crippen molar-refractivity contribution in [3.8, 4) is 5.75 Å². The normalized spacial score (nSPS) is 15.3. The second kappa shape index (κ2) is 9.53. The number of fused-ring (bicyclic) bond motifs is 1. The average molecular weight is 506 g/mol. The molecule has 1 aromatic heterocycles. The molecule has 0 unspecified atom stereocenters. The van der Waals surface area contributed by atoms with E-state index in [0.717, 1.165) is 15.3 Å². The van der Waals surface area contributed by atoms with Crippen LogP contribution in [0.1, 0.15) is 24.1 Å². The second-order valence-electron chi connectivity index (χ2n) is 8.52. The number of rotatable bonds is 6. The molecular weight excluding hydrogens is 478 g/mol. The maximum atomic E-state index is 12.9. The Morgan fingerprint density at radius 3 is 2.53 bits per heavy atom. The maximum Gasteiger partial charge on any atom is 0.244 e. The Kier molecular flexibility index (Phi) is 6.86. The van der Waals surface area contributed by atoms with Crippen molar-refractivity contribution in [2.45, 2.75) is 30.3 Å². The fourth-order valence-electron chi connectivity index (χ4n) is 4.18. The Bertz CT molecular complexity index is 1320. The number of aliphatic hydroxyl groups excluding tert-OH is 1. The van der Waals surface area contributed by atoms with Gasteiger partial charge in [0.05, 0.1) is 29.6 Å². The Balaban J connectivity index is 1.89. The molecule has 4 rings (SSSR count). The molecule has 2 aromatic carbocycles. The summed E-state index contributed by atoms with van der Waals surface area (Å²) in [5.41, 5.74) is 8.05. The number of hydrogen-bond donors (Lipinski definition) is 2. The van der Waals surface area contributed by atoms with Crippen molar-refractivity contribution in [2.24, 2.45) is 0 Å². The number of methoxy groups -OCH3 is 1. The number of nitrogens with two attached hydrogens (primary N) is 1. The SMILES string of the molecule is COc1ccc(Cc2nnc(N3CCC(O)CC3)c3ccc(S(=O)(=O)N(C)C)c(N)c23)cc1Cl. The van der Waals surface area contributed by atoms with Gasteiger partial charge in [-0.15, -0.1) is 5.10 Å². The summed E-state index contributed by atoms with van der Waals surface area (Å²) < 4.78 is 32.3. The van der Waals surface area contributed by atoms with E-state index in [1.54, 1.807) is 25.3 Å². The van der Waals surface area contributed by atoms with E-state index in [9.17, 15) is 13.5 Å². The van der Waals surface area contributed by atoms with Gasteiger partial charge in [0.15, 0.2) is 5.82 Å². The van der Waals surface area contributed by atoms with Gasteiger partial charge in [0, 0.05) is 44.4 Å². The van der Waals surface area contributed by atoms with Gasteiger partial charge >= 0.3 is 0 Å². The number of aromatic nitrogens is 2. The highest BCUT2D eigenvalue weighted by Crippen LogP contribution is 2.37. The van der Waals surface area contributed by atoms with Crippen LogP contribution in [0.4, 0.5) is 11.5 Å². The molecule has 1 aliphatic heterocycles. The molecule has 9 nitrogen and oxygen atoms in total. The summed E-state index contributed by atoms with van der Waals surface area (Å²) >= 11 is 6.31. The predicted octanol–water partition coefficient (Wildman–Crippen LogP) is 2.68. The number of ether oxygens (including phenoxy) is 1. The van der Waals surface area contributed by atoms with Crippen molar-refractivity contribution in [3.05, 3.63) is 46.6 Å². The third-order valence-corrected chi connectivity index (χ3v) is 8.28. The van der Waals surface area contributed by atoms with Crippen LogP contribution in [-0.4, -0.2) is 68.4 Å². The zero-order chi connectivity index (χ0) is 24.6. The molecule has 2 heterocycles. The predicted molar refractivity (Wildman–Crippen MR) is 133 cm³/mol. The van der Waals surface area contributed by atoms with Crippen LogP contribution < -0.4 is 15.4 Å². The molecule has 182 valence electrons. The van der Waals surface area contributed by atoms with Crippen LogP contribution in [0.25, 0.3) is 10.8 Å². The fraction of sp³-hybridized carbons (Fsp3) is 0.391.